The van der Waals surface area contributed by atoms with Gasteiger partial charge in [-0.05, 0) is 32.1 Å². The normalized spacial score (nSPS) is 10.7. The molecular weight excluding hydrogens is 294 g/mol. The van der Waals surface area contributed by atoms with Crippen LogP contribution in [0.1, 0.15) is 104 Å². The fourth-order valence-corrected chi connectivity index (χ4v) is 3.02. The highest BCUT2D eigenvalue weighted by atomic mass is 35.5. The Morgan fingerprint density at radius 3 is 1.45 bits per heavy atom. The fraction of sp³-hybridized carbons (Fsp3) is 0.947. The van der Waals surface area contributed by atoms with Crippen molar-refractivity contribution in [3.63, 3.8) is 0 Å². The molecule has 0 rings (SSSR count). The van der Waals surface area contributed by atoms with Gasteiger partial charge in [-0.3, -0.25) is 4.79 Å². The van der Waals surface area contributed by atoms with Gasteiger partial charge in [-0.2, -0.15) is 0 Å². The Kier molecular flexibility index (Phi) is 20.8. The highest BCUT2D eigenvalue weighted by Gasteiger charge is 2.12. The molecular formula is C19H40ClNO. The molecule has 0 aromatic heterocycles. The van der Waals surface area contributed by atoms with Crippen LogP contribution in [0.25, 0.3) is 0 Å². The topological polar surface area (TPSA) is 44.7 Å². The molecule has 0 spiro atoms. The first-order valence-electron chi connectivity index (χ1n) is 9.58. The van der Waals surface area contributed by atoms with Crippen LogP contribution in [-0.4, -0.2) is 12.3 Å². The molecule has 0 aromatic carbocycles. The molecule has 0 unspecified atom stereocenters. The SMILES string of the molecule is CCC(CC)C(=O)CCCCCCCCCCCCC[NH3+].[Cl-]. The van der Waals surface area contributed by atoms with Gasteiger partial charge >= 0.3 is 0 Å². The number of halogens is 1. The van der Waals surface area contributed by atoms with Gasteiger partial charge in [0.05, 0.1) is 6.54 Å². The van der Waals surface area contributed by atoms with E-state index in [9.17, 15) is 4.79 Å². The Morgan fingerprint density at radius 1 is 0.727 bits per heavy atom. The lowest BCUT2D eigenvalue weighted by Crippen LogP contribution is -3.00. The van der Waals surface area contributed by atoms with Gasteiger partial charge in [0, 0.05) is 12.3 Å². The van der Waals surface area contributed by atoms with Crippen molar-refractivity contribution < 1.29 is 22.9 Å². The lowest BCUT2D eigenvalue weighted by Gasteiger charge is -2.10. The predicted octanol–water partition coefficient (Wildman–Crippen LogP) is 1.92. The summed E-state index contributed by atoms with van der Waals surface area (Å²) < 4.78 is 0. The van der Waals surface area contributed by atoms with Crippen molar-refractivity contribution in [2.45, 2.75) is 104 Å². The molecule has 0 aliphatic heterocycles. The standard InChI is InChI=1S/C19H39NO.ClH/c1-3-18(4-2)19(21)16-14-12-10-8-6-5-7-9-11-13-15-17-20;/h18H,3-17,20H2,1-2H3;1H. The minimum absolute atomic E-state index is 0. The Bertz CT molecular complexity index is 229. The zero-order valence-corrected chi connectivity index (χ0v) is 15.9. The summed E-state index contributed by atoms with van der Waals surface area (Å²) in [7, 11) is 0. The van der Waals surface area contributed by atoms with Crippen LogP contribution in [0, 0.1) is 5.92 Å². The van der Waals surface area contributed by atoms with Gasteiger partial charge in [0.2, 0.25) is 0 Å². The van der Waals surface area contributed by atoms with Crippen LogP contribution in [0.4, 0.5) is 0 Å². The van der Waals surface area contributed by atoms with E-state index in [1.807, 2.05) is 0 Å². The number of rotatable bonds is 16. The molecule has 0 amide bonds. The molecule has 0 aromatic rings. The van der Waals surface area contributed by atoms with Crippen LogP contribution in [0.15, 0.2) is 0 Å². The fourth-order valence-electron chi connectivity index (χ4n) is 3.02. The summed E-state index contributed by atoms with van der Waals surface area (Å²) >= 11 is 0. The lowest BCUT2D eigenvalue weighted by molar-refractivity contribution is -0.368. The molecule has 134 valence electrons. The van der Waals surface area contributed by atoms with E-state index in [0.717, 1.165) is 32.2 Å². The first kappa shape index (κ1) is 24.2. The molecule has 22 heavy (non-hydrogen) atoms. The number of hydrogen-bond donors (Lipinski definition) is 1. The summed E-state index contributed by atoms with van der Waals surface area (Å²) in [4.78, 5) is 11.9. The summed E-state index contributed by atoms with van der Waals surface area (Å²) in [5.74, 6) is 0.829. The zero-order chi connectivity index (χ0) is 15.8. The van der Waals surface area contributed by atoms with Crippen molar-refractivity contribution in [3.05, 3.63) is 0 Å². The number of unbranched alkanes of at least 4 members (excludes halogenated alkanes) is 10. The Labute approximate surface area is 145 Å². The van der Waals surface area contributed by atoms with E-state index in [0.29, 0.717) is 11.7 Å². The molecule has 2 nitrogen and oxygen atoms in total. The lowest BCUT2D eigenvalue weighted by atomic mass is 9.94. The molecule has 3 heteroatoms. The second-order valence-corrected chi connectivity index (χ2v) is 6.47. The maximum atomic E-state index is 11.9. The third-order valence-electron chi connectivity index (χ3n) is 4.61. The maximum Gasteiger partial charge on any atom is 0.135 e. The van der Waals surface area contributed by atoms with E-state index in [1.54, 1.807) is 0 Å². The van der Waals surface area contributed by atoms with Crippen molar-refractivity contribution in [1.29, 1.82) is 0 Å². The van der Waals surface area contributed by atoms with Gasteiger partial charge in [-0.25, -0.2) is 0 Å². The Hall–Kier alpha value is -0.0800. The minimum Gasteiger partial charge on any atom is -1.00 e. The number of ketones is 1. The van der Waals surface area contributed by atoms with Crippen molar-refractivity contribution in [2.24, 2.45) is 5.92 Å². The smallest absolute Gasteiger partial charge is 0.135 e. The third kappa shape index (κ3) is 14.8. The highest BCUT2D eigenvalue weighted by Crippen LogP contribution is 2.15. The van der Waals surface area contributed by atoms with Crippen LogP contribution in [0.2, 0.25) is 0 Å². The van der Waals surface area contributed by atoms with Crippen LogP contribution < -0.4 is 18.1 Å². The Morgan fingerprint density at radius 2 is 1.09 bits per heavy atom. The van der Waals surface area contributed by atoms with Gasteiger partial charge in [0.15, 0.2) is 0 Å². The van der Waals surface area contributed by atoms with Gasteiger partial charge < -0.3 is 18.1 Å². The summed E-state index contributed by atoms with van der Waals surface area (Å²) in [6.45, 7) is 5.36. The van der Waals surface area contributed by atoms with E-state index >= 15 is 0 Å². The van der Waals surface area contributed by atoms with Crippen molar-refractivity contribution in [3.8, 4) is 0 Å². The first-order valence-corrected chi connectivity index (χ1v) is 9.58. The molecule has 0 aliphatic rings. The second-order valence-electron chi connectivity index (χ2n) is 6.47. The van der Waals surface area contributed by atoms with Crippen LogP contribution >= 0.6 is 0 Å². The van der Waals surface area contributed by atoms with E-state index in [2.05, 4.69) is 19.6 Å². The van der Waals surface area contributed by atoms with Crippen molar-refractivity contribution >= 4 is 5.78 Å². The van der Waals surface area contributed by atoms with E-state index in [-0.39, 0.29) is 12.4 Å². The quantitative estimate of drug-likeness (QED) is 0.431. The summed E-state index contributed by atoms with van der Waals surface area (Å²) in [5, 5.41) is 0. The molecule has 0 saturated carbocycles. The predicted molar refractivity (Wildman–Crippen MR) is 92.2 cm³/mol. The third-order valence-corrected chi connectivity index (χ3v) is 4.61. The number of quaternary nitrogens is 1. The van der Waals surface area contributed by atoms with E-state index in [4.69, 9.17) is 0 Å². The monoisotopic (exact) mass is 333 g/mol. The number of hydrogen-bond acceptors (Lipinski definition) is 1. The Balaban J connectivity index is 0. The number of carbonyl (C=O) groups excluding carboxylic acids is 1. The molecule has 0 heterocycles. The van der Waals surface area contributed by atoms with E-state index < -0.39 is 0 Å². The molecule has 0 aliphatic carbocycles. The molecule has 0 fully saturated rings. The van der Waals surface area contributed by atoms with Crippen LogP contribution in [-0.2, 0) is 4.79 Å². The van der Waals surface area contributed by atoms with Gasteiger partial charge in [0.1, 0.15) is 5.78 Å². The second kappa shape index (κ2) is 19.0. The average molecular weight is 334 g/mol. The highest BCUT2D eigenvalue weighted by molar-refractivity contribution is 5.80. The summed E-state index contributed by atoms with van der Waals surface area (Å²) in [5.41, 5.74) is 3.88. The maximum absolute atomic E-state index is 11.9. The zero-order valence-electron chi connectivity index (χ0n) is 15.2. The number of Topliss-reactive ketones (excluding diaryl/α,β-unsaturated/α-hetero) is 1. The molecule has 3 N–H and O–H groups in total. The summed E-state index contributed by atoms with van der Waals surface area (Å²) in [6, 6.07) is 0. The van der Waals surface area contributed by atoms with Crippen molar-refractivity contribution in [1.82, 2.24) is 0 Å². The number of carbonyl (C=O) groups is 1. The average Bonchev–Trinajstić information content (AvgIpc) is 2.49. The van der Waals surface area contributed by atoms with Gasteiger partial charge in [0.25, 0.3) is 0 Å². The first-order chi connectivity index (χ1) is 10.3. The molecule has 0 bridgehead atoms. The summed E-state index contributed by atoms with van der Waals surface area (Å²) in [6.07, 6.45) is 17.6. The largest absolute Gasteiger partial charge is 1.00 e. The molecule has 0 radical (unpaired) electrons. The van der Waals surface area contributed by atoms with Gasteiger partial charge in [-0.1, -0.05) is 65.2 Å². The van der Waals surface area contributed by atoms with Crippen molar-refractivity contribution in [2.75, 3.05) is 6.54 Å². The molecule has 0 atom stereocenters. The van der Waals surface area contributed by atoms with E-state index in [1.165, 1.54) is 64.2 Å². The van der Waals surface area contributed by atoms with Crippen LogP contribution in [0.3, 0.4) is 0 Å². The minimum atomic E-state index is 0. The molecule has 0 saturated heterocycles. The van der Waals surface area contributed by atoms with Crippen LogP contribution in [0.5, 0.6) is 0 Å². The van der Waals surface area contributed by atoms with Gasteiger partial charge in [-0.15, -0.1) is 0 Å².